The minimum atomic E-state index is -4.39. The first-order chi connectivity index (χ1) is 10.8. The van der Waals surface area contributed by atoms with E-state index in [1.165, 1.54) is 25.3 Å². The second-order valence-corrected chi connectivity index (χ2v) is 7.18. The number of aromatic amines is 1. The van der Waals surface area contributed by atoms with Gasteiger partial charge in [-0.15, -0.1) is 0 Å². The van der Waals surface area contributed by atoms with Crippen molar-refractivity contribution >= 4 is 11.0 Å². The minimum absolute atomic E-state index is 0.0101. The summed E-state index contributed by atoms with van der Waals surface area (Å²) in [5.41, 5.74) is 1.04. The highest BCUT2D eigenvalue weighted by Gasteiger charge is 2.48. The number of aromatic nitrogens is 2. The summed E-state index contributed by atoms with van der Waals surface area (Å²) in [5, 5.41) is 0. The van der Waals surface area contributed by atoms with E-state index in [0.717, 1.165) is 13.1 Å². The summed E-state index contributed by atoms with van der Waals surface area (Å²) in [5.74, 6) is 0.508. The maximum atomic E-state index is 13.4. The fourth-order valence-electron chi connectivity index (χ4n) is 3.82. The summed E-state index contributed by atoms with van der Waals surface area (Å²) >= 11 is 0. The quantitative estimate of drug-likeness (QED) is 0.886. The normalized spacial score (nSPS) is 22.1. The van der Waals surface area contributed by atoms with Crippen LogP contribution < -0.4 is 0 Å². The highest BCUT2D eigenvalue weighted by Crippen LogP contribution is 2.54. The Balaban J connectivity index is 1.74. The molecule has 1 aliphatic carbocycles. The Hall–Kier alpha value is -1.56. The van der Waals surface area contributed by atoms with Crippen LogP contribution in [0, 0.1) is 12.3 Å². The van der Waals surface area contributed by atoms with Crippen LogP contribution in [0.5, 0.6) is 0 Å². The maximum absolute atomic E-state index is 13.4. The second-order valence-electron chi connectivity index (χ2n) is 7.18. The third-order valence-corrected chi connectivity index (χ3v) is 5.49. The molecule has 2 fully saturated rings. The van der Waals surface area contributed by atoms with Crippen LogP contribution in [-0.2, 0) is 6.18 Å². The molecule has 1 aromatic carbocycles. The standard InChI is InChI=1S/C17H20F3N3/c1-10(23-6-5-16(9-23)3-4-16)12-7-13(17(18,19)20)15-14(8-12)21-11(2)22-15/h7-8,10H,3-6,9H2,1-2H3,(H,21,22)/t10-/m0/s1. The average Bonchev–Trinajstić information content (AvgIpc) is 2.91. The predicted molar refractivity (Wildman–Crippen MR) is 82.1 cm³/mol. The number of alkyl halides is 3. The molecule has 1 aliphatic heterocycles. The molecule has 1 aromatic heterocycles. The van der Waals surface area contributed by atoms with Gasteiger partial charge in [0, 0.05) is 12.6 Å². The van der Waals surface area contributed by atoms with Crippen molar-refractivity contribution in [1.82, 2.24) is 14.9 Å². The van der Waals surface area contributed by atoms with E-state index in [9.17, 15) is 13.2 Å². The number of halogens is 3. The summed E-state index contributed by atoms with van der Waals surface area (Å²) in [7, 11) is 0. The maximum Gasteiger partial charge on any atom is 0.418 e. The molecule has 2 heterocycles. The van der Waals surface area contributed by atoms with Crippen molar-refractivity contribution in [2.24, 2.45) is 5.41 Å². The van der Waals surface area contributed by atoms with Gasteiger partial charge in [0.1, 0.15) is 11.3 Å². The molecule has 3 nitrogen and oxygen atoms in total. The van der Waals surface area contributed by atoms with Crippen LogP contribution in [0.2, 0.25) is 0 Å². The lowest BCUT2D eigenvalue weighted by Crippen LogP contribution is -2.25. The smallest absolute Gasteiger partial charge is 0.342 e. The van der Waals surface area contributed by atoms with E-state index in [1.807, 2.05) is 13.0 Å². The fraction of sp³-hybridized carbons (Fsp3) is 0.588. The number of aryl methyl sites for hydroxylation is 1. The van der Waals surface area contributed by atoms with Gasteiger partial charge in [-0.05, 0) is 62.8 Å². The molecular formula is C17H20F3N3. The SMILES string of the molecule is Cc1nc2c(C(F)(F)F)cc([C@H](C)N3CCC4(CC4)C3)cc2[nH]1. The average molecular weight is 323 g/mol. The topological polar surface area (TPSA) is 31.9 Å². The number of imidazole rings is 1. The molecule has 0 radical (unpaired) electrons. The van der Waals surface area contributed by atoms with Gasteiger partial charge in [-0.3, -0.25) is 4.90 Å². The van der Waals surface area contributed by atoms with Crippen LogP contribution in [0.15, 0.2) is 12.1 Å². The molecule has 2 aromatic rings. The minimum Gasteiger partial charge on any atom is -0.342 e. The first kappa shape index (κ1) is 15.0. The Kier molecular flexibility index (Phi) is 3.08. The largest absolute Gasteiger partial charge is 0.418 e. The van der Waals surface area contributed by atoms with Crippen LogP contribution in [-0.4, -0.2) is 28.0 Å². The highest BCUT2D eigenvalue weighted by molar-refractivity contribution is 5.80. The predicted octanol–water partition coefficient (Wildman–Crippen LogP) is 4.44. The first-order valence-corrected chi connectivity index (χ1v) is 8.09. The molecule has 6 heteroatoms. The first-order valence-electron chi connectivity index (χ1n) is 8.09. The zero-order chi connectivity index (χ0) is 16.4. The Morgan fingerprint density at radius 2 is 2.00 bits per heavy atom. The molecule has 1 saturated carbocycles. The third kappa shape index (κ3) is 2.53. The number of nitrogens with zero attached hydrogens (tertiary/aromatic N) is 2. The van der Waals surface area contributed by atoms with Crippen molar-refractivity contribution in [2.75, 3.05) is 13.1 Å². The molecule has 0 unspecified atom stereocenters. The zero-order valence-corrected chi connectivity index (χ0v) is 13.3. The number of H-pyrrole nitrogens is 1. The summed E-state index contributed by atoms with van der Waals surface area (Å²) in [6, 6.07) is 3.10. The van der Waals surface area contributed by atoms with Gasteiger partial charge in [-0.1, -0.05) is 0 Å². The van der Waals surface area contributed by atoms with Gasteiger partial charge in [0.15, 0.2) is 0 Å². The van der Waals surface area contributed by atoms with Crippen LogP contribution in [0.1, 0.15) is 49.2 Å². The summed E-state index contributed by atoms with van der Waals surface area (Å²) in [4.78, 5) is 9.29. The van der Waals surface area contributed by atoms with Gasteiger partial charge in [-0.25, -0.2) is 4.98 Å². The number of fused-ring (bicyclic) bond motifs is 1. The molecular weight excluding hydrogens is 303 g/mol. The van der Waals surface area contributed by atoms with Gasteiger partial charge in [0.25, 0.3) is 0 Å². The second kappa shape index (κ2) is 4.72. The van der Waals surface area contributed by atoms with Crippen LogP contribution in [0.25, 0.3) is 11.0 Å². The van der Waals surface area contributed by atoms with Gasteiger partial charge in [0.2, 0.25) is 0 Å². The lowest BCUT2D eigenvalue weighted by molar-refractivity contribution is -0.136. The number of likely N-dealkylation sites (tertiary alicyclic amines) is 1. The highest BCUT2D eigenvalue weighted by atomic mass is 19.4. The Morgan fingerprint density at radius 3 is 2.61 bits per heavy atom. The van der Waals surface area contributed by atoms with E-state index < -0.39 is 11.7 Å². The number of hydrogen-bond donors (Lipinski definition) is 1. The van der Waals surface area contributed by atoms with E-state index in [-0.39, 0.29) is 11.6 Å². The van der Waals surface area contributed by atoms with E-state index in [1.54, 1.807) is 6.92 Å². The molecule has 124 valence electrons. The zero-order valence-electron chi connectivity index (χ0n) is 13.3. The van der Waals surface area contributed by atoms with Crippen molar-refractivity contribution in [2.45, 2.75) is 45.3 Å². The summed E-state index contributed by atoms with van der Waals surface area (Å²) in [6.07, 6.45) is -0.682. The monoisotopic (exact) mass is 323 g/mol. The van der Waals surface area contributed by atoms with Crippen molar-refractivity contribution in [3.05, 3.63) is 29.1 Å². The Bertz CT molecular complexity index is 758. The van der Waals surface area contributed by atoms with Crippen LogP contribution in [0.4, 0.5) is 13.2 Å². The summed E-state index contributed by atoms with van der Waals surface area (Å²) in [6.45, 7) is 5.67. The van der Waals surface area contributed by atoms with Gasteiger partial charge >= 0.3 is 6.18 Å². The molecule has 4 rings (SSSR count). The van der Waals surface area contributed by atoms with Gasteiger partial charge < -0.3 is 4.98 Å². The lowest BCUT2D eigenvalue weighted by atomic mass is 10.0. The molecule has 2 aliphatic rings. The molecule has 0 amide bonds. The molecule has 1 N–H and O–H groups in total. The van der Waals surface area contributed by atoms with Crippen molar-refractivity contribution in [3.63, 3.8) is 0 Å². The number of hydrogen-bond acceptors (Lipinski definition) is 2. The van der Waals surface area contributed by atoms with Gasteiger partial charge in [-0.2, -0.15) is 13.2 Å². The van der Waals surface area contributed by atoms with E-state index in [4.69, 9.17) is 0 Å². The molecule has 0 bridgehead atoms. The molecule has 1 spiro atoms. The van der Waals surface area contributed by atoms with Crippen molar-refractivity contribution in [3.8, 4) is 0 Å². The molecule has 1 atom stereocenters. The van der Waals surface area contributed by atoms with E-state index in [0.29, 0.717) is 22.3 Å². The number of rotatable bonds is 2. The van der Waals surface area contributed by atoms with Gasteiger partial charge in [0.05, 0.1) is 11.1 Å². The number of nitrogens with one attached hydrogen (secondary N) is 1. The molecule has 1 saturated heterocycles. The van der Waals surface area contributed by atoms with Crippen LogP contribution in [0.3, 0.4) is 0 Å². The Morgan fingerprint density at radius 1 is 1.26 bits per heavy atom. The fourth-order valence-corrected chi connectivity index (χ4v) is 3.82. The van der Waals surface area contributed by atoms with Crippen molar-refractivity contribution in [1.29, 1.82) is 0 Å². The number of benzene rings is 1. The van der Waals surface area contributed by atoms with E-state index in [2.05, 4.69) is 14.9 Å². The van der Waals surface area contributed by atoms with Crippen molar-refractivity contribution < 1.29 is 13.2 Å². The molecule has 23 heavy (non-hydrogen) atoms. The third-order valence-electron chi connectivity index (χ3n) is 5.49. The van der Waals surface area contributed by atoms with E-state index >= 15 is 0 Å². The van der Waals surface area contributed by atoms with Crippen LogP contribution >= 0.6 is 0 Å². The lowest BCUT2D eigenvalue weighted by Gasteiger charge is -2.25. The Labute approximate surface area is 132 Å². The summed E-state index contributed by atoms with van der Waals surface area (Å²) < 4.78 is 40.2.